The zero-order valence-electron chi connectivity index (χ0n) is 33.1. The molecule has 2 N–H and O–H groups in total. The van der Waals surface area contributed by atoms with Crippen LogP contribution in [-0.4, -0.2) is 53.3 Å². The van der Waals surface area contributed by atoms with Gasteiger partial charge in [0, 0.05) is 12.8 Å². The first kappa shape index (κ1) is 48.2. The molecular weight excluding hydrogens is 679 g/mol. The Morgan fingerprint density at radius 2 is 1.23 bits per heavy atom. The number of carbonyl (C=O) groups excluding carboxylic acids is 2. The molecule has 1 aliphatic rings. The van der Waals surface area contributed by atoms with Crippen molar-refractivity contribution in [1.82, 2.24) is 0 Å². The van der Waals surface area contributed by atoms with Crippen molar-refractivity contribution < 1.29 is 42.7 Å². The van der Waals surface area contributed by atoms with Gasteiger partial charge in [-0.2, -0.15) is 0 Å². The molecule has 0 bridgehead atoms. The van der Waals surface area contributed by atoms with E-state index in [4.69, 9.17) is 24.0 Å². The first-order valence-corrected chi connectivity index (χ1v) is 22.3. The molecule has 0 aliphatic carbocycles. The number of carbonyl (C=O) groups is 2. The second-order valence-corrected chi connectivity index (χ2v) is 16.1. The van der Waals surface area contributed by atoms with Crippen LogP contribution in [0.4, 0.5) is 0 Å². The maximum Gasteiger partial charge on any atom is 0.469 e. The summed E-state index contributed by atoms with van der Waals surface area (Å²) in [5, 5.41) is 0. The quantitative estimate of drug-likeness (QED) is 0.0211. The number of rotatable bonds is 36. The maximum atomic E-state index is 12.5. The molecule has 0 spiro atoms. The van der Waals surface area contributed by atoms with Crippen LogP contribution in [0.3, 0.4) is 0 Å². The normalized spacial score (nSPS) is 16.8. The lowest BCUT2D eigenvalue weighted by atomic mass is 10.0. The second kappa shape index (κ2) is 32.6. The smallest absolute Gasteiger partial charge is 0.462 e. The van der Waals surface area contributed by atoms with Crippen LogP contribution in [0.15, 0.2) is 36.5 Å². The number of phosphoric acid groups is 1. The highest BCUT2D eigenvalue weighted by Crippen LogP contribution is 2.36. The Balaban J connectivity index is 2.12. The molecule has 0 saturated carbocycles. The monoisotopic (exact) mass is 755 g/mol. The molecule has 1 rings (SSSR count). The summed E-state index contributed by atoms with van der Waals surface area (Å²) in [5.74, 6) is -0.136. The molecule has 0 amide bonds. The SMILES string of the molecule is CCCCC/C=C\C/C=C\C/C=C\CC1OC1CCCC(=O)O[C@H](COC(=O)CCCCCCCCCCCCCCCC(C)C)COP(=O)(O)O. The van der Waals surface area contributed by atoms with E-state index >= 15 is 0 Å². The van der Waals surface area contributed by atoms with Gasteiger partial charge < -0.3 is 24.0 Å². The van der Waals surface area contributed by atoms with Crippen LogP contribution >= 0.6 is 7.82 Å². The summed E-state index contributed by atoms with van der Waals surface area (Å²) in [5.41, 5.74) is 0. The Labute approximate surface area is 317 Å². The van der Waals surface area contributed by atoms with Crippen molar-refractivity contribution in [2.24, 2.45) is 5.92 Å². The predicted octanol–water partition coefficient (Wildman–Crippen LogP) is 11.4. The number of hydrogen-bond donors (Lipinski definition) is 2. The highest BCUT2D eigenvalue weighted by molar-refractivity contribution is 7.46. The van der Waals surface area contributed by atoms with Crippen molar-refractivity contribution in [1.29, 1.82) is 0 Å². The van der Waals surface area contributed by atoms with Crippen molar-refractivity contribution in [3.63, 3.8) is 0 Å². The van der Waals surface area contributed by atoms with E-state index in [2.05, 4.69) is 61.8 Å². The maximum absolute atomic E-state index is 12.5. The fourth-order valence-electron chi connectivity index (χ4n) is 6.06. The molecule has 0 aromatic heterocycles. The average molecular weight is 755 g/mol. The van der Waals surface area contributed by atoms with Gasteiger partial charge in [0.2, 0.25) is 0 Å². The molecule has 1 fully saturated rings. The number of epoxide rings is 1. The van der Waals surface area contributed by atoms with E-state index in [0.29, 0.717) is 12.8 Å². The van der Waals surface area contributed by atoms with Crippen molar-refractivity contribution in [2.45, 2.75) is 200 Å². The third-order valence-corrected chi connectivity index (χ3v) is 9.75. The number of hydrogen-bond acceptors (Lipinski definition) is 7. The van der Waals surface area contributed by atoms with Gasteiger partial charge >= 0.3 is 19.8 Å². The molecule has 10 heteroatoms. The van der Waals surface area contributed by atoms with Gasteiger partial charge in [0.05, 0.1) is 18.8 Å². The van der Waals surface area contributed by atoms with E-state index < -0.39 is 32.5 Å². The molecule has 0 aromatic carbocycles. The molecule has 52 heavy (non-hydrogen) atoms. The molecular formula is C42H75O9P. The largest absolute Gasteiger partial charge is 0.469 e. The van der Waals surface area contributed by atoms with Gasteiger partial charge in [-0.05, 0) is 57.3 Å². The van der Waals surface area contributed by atoms with Crippen molar-refractivity contribution in [3.05, 3.63) is 36.5 Å². The van der Waals surface area contributed by atoms with Crippen molar-refractivity contribution in [2.75, 3.05) is 13.2 Å². The summed E-state index contributed by atoms with van der Waals surface area (Å²) >= 11 is 0. The lowest BCUT2D eigenvalue weighted by Crippen LogP contribution is -2.29. The van der Waals surface area contributed by atoms with Crippen molar-refractivity contribution in [3.8, 4) is 0 Å². The van der Waals surface area contributed by atoms with Gasteiger partial charge in [0.15, 0.2) is 6.10 Å². The Kier molecular flexibility index (Phi) is 30.3. The summed E-state index contributed by atoms with van der Waals surface area (Å²) in [6.07, 6.45) is 38.9. The number of unbranched alkanes of at least 4 members (excludes halogenated alkanes) is 15. The van der Waals surface area contributed by atoms with E-state index in [9.17, 15) is 14.2 Å². The minimum Gasteiger partial charge on any atom is -0.462 e. The Hall–Kier alpha value is -1.77. The number of esters is 2. The van der Waals surface area contributed by atoms with Gasteiger partial charge in [0.1, 0.15) is 6.61 Å². The number of allylic oxidation sites excluding steroid dienone is 5. The van der Waals surface area contributed by atoms with Gasteiger partial charge in [0.25, 0.3) is 0 Å². The Morgan fingerprint density at radius 3 is 1.83 bits per heavy atom. The van der Waals surface area contributed by atoms with E-state index in [1.807, 2.05) is 0 Å². The summed E-state index contributed by atoms with van der Waals surface area (Å²) < 4.78 is 32.1. The number of phosphoric ester groups is 1. The van der Waals surface area contributed by atoms with E-state index in [0.717, 1.165) is 50.9 Å². The minimum absolute atomic E-state index is 0.115. The van der Waals surface area contributed by atoms with Crippen LogP contribution in [0.1, 0.15) is 181 Å². The molecule has 0 radical (unpaired) electrons. The molecule has 302 valence electrons. The first-order chi connectivity index (χ1) is 25.1. The molecule has 9 nitrogen and oxygen atoms in total. The molecule has 0 aromatic rings. The summed E-state index contributed by atoms with van der Waals surface area (Å²) in [6.45, 7) is 5.93. The van der Waals surface area contributed by atoms with Gasteiger partial charge in [-0.1, -0.05) is 154 Å². The third-order valence-electron chi connectivity index (χ3n) is 9.26. The van der Waals surface area contributed by atoms with Crippen molar-refractivity contribution >= 4 is 19.8 Å². The van der Waals surface area contributed by atoms with Gasteiger partial charge in [-0.25, -0.2) is 4.57 Å². The highest BCUT2D eigenvalue weighted by atomic mass is 31.2. The van der Waals surface area contributed by atoms with Crippen LogP contribution in [0, 0.1) is 5.92 Å². The predicted molar refractivity (Wildman–Crippen MR) is 211 cm³/mol. The van der Waals surface area contributed by atoms with E-state index in [1.165, 1.54) is 89.9 Å². The Bertz CT molecular complexity index is 1020. The average Bonchev–Trinajstić information content (AvgIpc) is 3.85. The standard InChI is InChI=1S/C42H75O9P/c1-4-5-6-7-8-9-10-15-18-21-24-27-31-39-40(51-39)32-29-34-42(44)50-38(36-49-52(45,46)47)35-48-41(43)33-28-25-22-19-16-13-11-12-14-17-20-23-26-30-37(2)3/h8-9,15,18,24,27,37-40H,4-7,10-14,16-17,19-23,25-26,28-36H2,1-3H3,(H2,45,46,47)/b9-8-,18-15-,27-24-/t38-,39?,40?/m1/s1. The number of ether oxygens (including phenoxy) is 3. The van der Waals surface area contributed by atoms with Crippen LogP contribution in [0.2, 0.25) is 0 Å². The molecule has 2 unspecified atom stereocenters. The van der Waals surface area contributed by atoms with E-state index in [-0.39, 0.29) is 31.7 Å². The zero-order chi connectivity index (χ0) is 38.1. The fourth-order valence-corrected chi connectivity index (χ4v) is 6.42. The summed E-state index contributed by atoms with van der Waals surface area (Å²) in [6, 6.07) is 0. The van der Waals surface area contributed by atoms with Crippen LogP contribution in [-0.2, 0) is 32.9 Å². The lowest BCUT2D eigenvalue weighted by molar-refractivity contribution is -0.161. The summed E-state index contributed by atoms with van der Waals surface area (Å²) in [4.78, 5) is 43.0. The Morgan fingerprint density at radius 1 is 0.673 bits per heavy atom. The van der Waals surface area contributed by atoms with Gasteiger partial charge in [-0.3, -0.25) is 14.1 Å². The molecule has 3 atom stereocenters. The first-order valence-electron chi connectivity index (χ1n) is 20.8. The second-order valence-electron chi connectivity index (χ2n) is 14.8. The topological polar surface area (TPSA) is 132 Å². The van der Waals surface area contributed by atoms with Crippen LogP contribution in [0.5, 0.6) is 0 Å². The molecule has 1 heterocycles. The van der Waals surface area contributed by atoms with Crippen LogP contribution in [0.25, 0.3) is 0 Å². The van der Waals surface area contributed by atoms with Crippen LogP contribution < -0.4 is 0 Å². The minimum atomic E-state index is -4.78. The molecule has 1 aliphatic heterocycles. The highest BCUT2D eigenvalue weighted by Gasteiger charge is 2.36. The summed E-state index contributed by atoms with van der Waals surface area (Å²) in [7, 11) is -4.78. The van der Waals surface area contributed by atoms with E-state index in [1.54, 1.807) is 0 Å². The lowest BCUT2D eigenvalue weighted by Gasteiger charge is -2.18. The zero-order valence-corrected chi connectivity index (χ0v) is 34.0. The molecule has 1 saturated heterocycles. The fraction of sp³-hybridized carbons (Fsp3) is 0.810. The van der Waals surface area contributed by atoms with Gasteiger partial charge in [-0.15, -0.1) is 0 Å². The third kappa shape index (κ3) is 32.8.